The Labute approximate surface area is 119 Å². The number of hydrogen-bond donors (Lipinski definition) is 2. The first kappa shape index (κ1) is 16.6. The Bertz CT molecular complexity index is 471. The summed E-state index contributed by atoms with van der Waals surface area (Å²) in [5.41, 5.74) is 0. The van der Waals surface area contributed by atoms with Gasteiger partial charge in [-0.1, -0.05) is 6.92 Å². The van der Waals surface area contributed by atoms with Crippen LogP contribution >= 0.6 is 11.3 Å². The van der Waals surface area contributed by atoms with Crippen LogP contribution in [0.4, 0.5) is 0 Å². The molecule has 7 heteroatoms. The molecule has 0 saturated heterocycles. The van der Waals surface area contributed by atoms with Gasteiger partial charge in [-0.25, -0.2) is 13.1 Å². The molecule has 110 valence electrons. The van der Waals surface area contributed by atoms with Crippen molar-refractivity contribution in [3.63, 3.8) is 0 Å². The Hall–Kier alpha value is -0.470. The smallest absolute Gasteiger partial charge is 0.241 e. The van der Waals surface area contributed by atoms with Gasteiger partial charge in [0.15, 0.2) is 0 Å². The number of rotatable bonds is 9. The van der Waals surface area contributed by atoms with Gasteiger partial charge < -0.3 is 10.1 Å². The molecule has 0 aliphatic heterocycles. The van der Waals surface area contributed by atoms with Crippen LogP contribution in [-0.4, -0.2) is 34.7 Å². The van der Waals surface area contributed by atoms with E-state index in [9.17, 15) is 8.42 Å². The molecule has 1 unspecified atom stereocenters. The first-order chi connectivity index (χ1) is 8.99. The van der Waals surface area contributed by atoms with E-state index in [0.29, 0.717) is 24.5 Å². The standard InChI is InChI=1S/C12H22N2O3S2/c1-4-13-8-11-7-12(9-18-11)19(15,16)14-10(2)5-6-17-3/h7,9-10,13-14H,4-6,8H2,1-3H3. The van der Waals surface area contributed by atoms with Gasteiger partial charge in [-0.15, -0.1) is 11.3 Å². The summed E-state index contributed by atoms with van der Waals surface area (Å²) < 4.78 is 31.8. The lowest BCUT2D eigenvalue weighted by atomic mass is 10.3. The minimum atomic E-state index is -3.42. The van der Waals surface area contributed by atoms with Gasteiger partial charge in [0.1, 0.15) is 0 Å². The minimum Gasteiger partial charge on any atom is -0.385 e. The molecule has 1 heterocycles. The van der Waals surface area contributed by atoms with E-state index >= 15 is 0 Å². The summed E-state index contributed by atoms with van der Waals surface area (Å²) in [6.45, 7) is 5.97. The molecule has 5 nitrogen and oxygen atoms in total. The van der Waals surface area contributed by atoms with E-state index in [2.05, 4.69) is 10.0 Å². The molecule has 0 spiro atoms. The fraction of sp³-hybridized carbons (Fsp3) is 0.667. The largest absolute Gasteiger partial charge is 0.385 e. The van der Waals surface area contributed by atoms with Crippen molar-refractivity contribution < 1.29 is 13.2 Å². The number of hydrogen-bond acceptors (Lipinski definition) is 5. The zero-order valence-electron chi connectivity index (χ0n) is 11.6. The average Bonchev–Trinajstić information content (AvgIpc) is 2.83. The second kappa shape index (κ2) is 7.96. The zero-order valence-corrected chi connectivity index (χ0v) is 13.2. The minimum absolute atomic E-state index is 0.137. The van der Waals surface area contributed by atoms with Crippen molar-refractivity contribution in [3.05, 3.63) is 16.3 Å². The predicted octanol–water partition coefficient (Wildman–Crippen LogP) is 1.56. The monoisotopic (exact) mass is 306 g/mol. The maximum absolute atomic E-state index is 12.1. The first-order valence-electron chi connectivity index (χ1n) is 6.29. The fourth-order valence-electron chi connectivity index (χ4n) is 1.53. The van der Waals surface area contributed by atoms with E-state index in [4.69, 9.17) is 4.74 Å². The van der Waals surface area contributed by atoms with Crippen molar-refractivity contribution in [3.8, 4) is 0 Å². The molecular weight excluding hydrogens is 284 g/mol. The molecule has 0 aromatic carbocycles. The first-order valence-corrected chi connectivity index (χ1v) is 8.65. The van der Waals surface area contributed by atoms with Gasteiger partial charge in [0.25, 0.3) is 0 Å². The lowest BCUT2D eigenvalue weighted by Crippen LogP contribution is -2.33. The van der Waals surface area contributed by atoms with E-state index < -0.39 is 10.0 Å². The molecule has 0 amide bonds. The SMILES string of the molecule is CCNCc1cc(S(=O)(=O)NC(C)CCOC)cs1. The van der Waals surface area contributed by atoms with Crippen LogP contribution in [0.2, 0.25) is 0 Å². The Morgan fingerprint density at radius 3 is 2.84 bits per heavy atom. The normalized spacial score (nSPS) is 13.6. The number of sulfonamides is 1. The molecule has 0 aliphatic rings. The third kappa shape index (κ3) is 5.58. The van der Waals surface area contributed by atoms with Crippen LogP contribution in [0.5, 0.6) is 0 Å². The van der Waals surface area contributed by atoms with Crippen molar-refractivity contribution in [1.29, 1.82) is 0 Å². The molecule has 0 bridgehead atoms. The van der Waals surface area contributed by atoms with Crippen LogP contribution in [0.15, 0.2) is 16.3 Å². The molecule has 0 saturated carbocycles. The third-order valence-electron chi connectivity index (χ3n) is 2.60. The van der Waals surface area contributed by atoms with Crippen molar-refractivity contribution in [2.45, 2.75) is 37.8 Å². The summed E-state index contributed by atoms with van der Waals surface area (Å²) in [6, 6.07) is 1.58. The topological polar surface area (TPSA) is 67.4 Å². The summed E-state index contributed by atoms with van der Waals surface area (Å²) in [4.78, 5) is 1.36. The average molecular weight is 306 g/mol. The molecule has 1 aromatic rings. The number of ether oxygens (including phenoxy) is 1. The molecule has 19 heavy (non-hydrogen) atoms. The van der Waals surface area contributed by atoms with E-state index in [0.717, 1.165) is 11.4 Å². The highest BCUT2D eigenvalue weighted by atomic mass is 32.2. The lowest BCUT2D eigenvalue weighted by molar-refractivity contribution is 0.188. The van der Waals surface area contributed by atoms with Crippen LogP contribution in [0, 0.1) is 0 Å². The second-order valence-corrected chi connectivity index (χ2v) is 7.04. The summed E-state index contributed by atoms with van der Waals surface area (Å²) in [5.74, 6) is 0. The Morgan fingerprint density at radius 1 is 1.47 bits per heavy atom. The quantitative estimate of drug-likeness (QED) is 0.726. The van der Waals surface area contributed by atoms with Crippen molar-refractivity contribution in [1.82, 2.24) is 10.0 Å². The highest BCUT2D eigenvalue weighted by molar-refractivity contribution is 7.89. The highest BCUT2D eigenvalue weighted by Gasteiger charge is 2.18. The van der Waals surface area contributed by atoms with Crippen LogP contribution in [0.3, 0.4) is 0 Å². The maximum Gasteiger partial charge on any atom is 0.241 e. The van der Waals surface area contributed by atoms with Crippen LogP contribution in [0.25, 0.3) is 0 Å². The Morgan fingerprint density at radius 2 is 2.21 bits per heavy atom. The summed E-state index contributed by atoms with van der Waals surface area (Å²) in [5, 5.41) is 4.86. The Kier molecular flexibility index (Phi) is 6.95. The molecular formula is C12H22N2O3S2. The van der Waals surface area contributed by atoms with Gasteiger partial charge in [0, 0.05) is 36.6 Å². The van der Waals surface area contributed by atoms with Crippen molar-refractivity contribution in [2.75, 3.05) is 20.3 Å². The summed E-state index contributed by atoms with van der Waals surface area (Å²) in [7, 11) is -1.81. The van der Waals surface area contributed by atoms with E-state index in [1.54, 1.807) is 18.6 Å². The number of thiophene rings is 1. The molecule has 2 N–H and O–H groups in total. The molecule has 1 atom stereocenters. The second-order valence-electron chi connectivity index (χ2n) is 4.33. The van der Waals surface area contributed by atoms with Crippen LogP contribution < -0.4 is 10.0 Å². The van der Waals surface area contributed by atoms with Crippen molar-refractivity contribution in [2.24, 2.45) is 0 Å². The van der Waals surface area contributed by atoms with Crippen molar-refractivity contribution >= 4 is 21.4 Å². The molecule has 0 fully saturated rings. The van der Waals surface area contributed by atoms with Gasteiger partial charge in [0.05, 0.1) is 4.90 Å². The fourth-order valence-corrected chi connectivity index (χ4v) is 4.05. The van der Waals surface area contributed by atoms with Gasteiger partial charge in [-0.2, -0.15) is 0 Å². The molecule has 1 rings (SSSR count). The van der Waals surface area contributed by atoms with Gasteiger partial charge in [-0.05, 0) is 26.0 Å². The number of methoxy groups -OCH3 is 1. The predicted molar refractivity (Wildman–Crippen MR) is 78.0 cm³/mol. The summed E-state index contributed by atoms with van der Waals surface area (Å²) in [6.07, 6.45) is 0.657. The van der Waals surface area contributed by atoms with E-state index in [-0.39, 0.29) is 6.04 Å². The zero-order chi connectivity index (χ0) is 14.3. The molecule has 0 aliphatic carbocycles. The lowest BCUT2D eigenvalue weighted by Gasteiger charge is -2.12. The Balaban J connectivity index is 2.63. The maximum atomic E-state index is 12.1. The third-order valence-corrected chi connectivity index (χ3v) is 5.26. The number of nitrogens with one attached hydrogen (secondary N) is 2. The summed E-state index contributed by atoms with van der Waals surface area (Å²) >= 11 is 1.45. The van der Waals surface area contributed by atoms with Crippen LogP contribution in [-0.2, 0) is 21.3 Å². The van der Waals surface area contributed by atoms with Crippen LogP contribution in [0.1, 0.15) is 25.1 Å². The molecule has 0 radical (unpaired) electrons. The molecule has 1 aromatic heterocycles. The van der Waals surface area contributed by atoms with Gasteiger partial charge in [0.2, 0.25) is 10.0 Å². The van der Waals surface area contributed by atoms with Gasteiger partial charge >= 0.3 is 0 Å². The van der Waals surface area contributed by atoms with E-state index in [1.807, 2.05) is 13.8 Å². The van der Waals surface area contributed by atoms with E-state index in [1.165, 1.54) is 11.3 Å². The highest BCUT2D eigenvalue weighted by Crippen LogP contribution is 2.19. The van der Waals surface area contributed by atoms with Gasteiger partial charge in [-0.3, -0.25) is 0 Å².